The minimum absolute atomic E-state index is 0.0538. The zero-order valence-electron chi connectivity index (χ0n) is 51.6. The molecule has 0 saturated carbocycles. The molecule has 10 heteroatoms. The van der Waals surface area contributed by atoms with Gasteiger partial charge in [0.25, 0.3) is 0 Å². The molecule has 460 valence electrons. The van der Waals surface area contributed by atoms with Crippen molar-refractivity contribution < 1.29 is 37.6 Å². The molecule has 0 aromatic carbocycles. The maximum atomic E-state index is 12.7. The predicted octanol–water partition coefficient (Wildman–Crippen LogP) is 21.6. The summed E-state index contributed by atoms with van der Waals surface area (Å²) >= 11 is 0. The van der Waals surface area contributed by atoms with Crippen molar-refractivity contribution in [2.45, 2.75) is 328 Å². The number of allylic oxidation sites excluding steroid dienone is 12. The molecule has 0 radical (unpaired) electrons. The third kappa shape index (κ3) is 64.5. The molecule has 0 bridgehead atoms. The quantitative estimate of drug-likeness (QED) is 0.0264. The van der Waals surface area contributed by atoms with Crippen molar-refractivity contribution in [3.63, 3.8) is 0 Å². The van der Waals surface area contributed by atoms with E-state index in [1.165, 1.54) is 225 Å². The minimum atomic E-state index is -4.39. The smallest absolute Gasteiger partial charge is 0.462 e. The van der Waals surface area contributed by atoms with Crippen molar-refractivity contribution >= 4 is 19.8 Å². The van der Waals surface area contributed by atoms with Crippen molar-refractivity contribution in [3.8, 4) is 0 Å². The van der Waals surface area contributed by atoms with Crippen molar-refractivity contribution in [3.05, 3.63) is 72.9 Å². The molecule has 0 spiro atoms. The number of esters is 2. The van der Waals surface area contributed by atoms with Gasteiger partial charge in [-0.05, 0) is 83.5 Å². The van der Waals surface area contributed by atoms with Crippen molar-refractivity contribution in [2.24, 2.45) is 5.73 Å². The molecule has 0 aliphatic heterocycles. The Kier molecular flexibility index (Phi) is 62.5. The first-order chi connectivity index (χ1) is 38.8. The lowest BCUT2D eigenvalue weighted by molar-refractivity contribution is -0.161. The van der Waals surface area contributed by atoms with Crippen LogP contribution in [0, 0.1) is 0 Å². The van der Waals surface area contributed by atoms with Gasteiger partial charge in [0.1, 0.15) is 6.61 Å². The lowest BCUT2D eigenvalue weighted by Gasteiger charge is -2.19. The van der Waals surface area contributed by atoms with Crippen LogP contribution in [-0.4, -0.2) is 49.3 Å². The van der Waals surface area contributed by atoms with Crippen molar-refractivity contribution in [1.29, 1.82) is 0 Å². The van der Waals surface area contributed by atoms with Crippen LogP contribution in [0.4, 0.5) is 0 Å². The van der Waals surface area contributed by atoms with E-state index in [2.05, 4.69) is 86.8 Å². The van der Waals surface area contributed by atoms with E-state index in [0.29, 0.717) is 6.42 Å². The van der Waals surface area contributed by atoms with Crippen LogP contribution in [0.2, 0.25) is 0 Å². The maximum absolute atomic E-state index is 12.7. The maximum Gasteiger partial charge on any atom is 0.472 e. The Labute approximate surface area is 488 Å². The number of hydrogen-bond acceptors (Lipinski definition) is 8. The van der Waals surface area contributed by atoms with Gasteiger partial charge in [-0.15, -0.1) is 0 Å². The van der Waals surface area contributed by atoms with Crippen LogP contribution in [0.15, 0.2) is 72.9 Å². The molecule has 0 fully saturated rings. The molecule has 2 atom stereocenters. The summed E-state index contributed by atoms with van der Waals surface area (Å²) in [6.07, 6.45) is 84.2. The van der Waals surface area contributed by atoms with Crippen molar-refractivity contribution in [2.75, 3.05) is 26.4 Å². The van der Waals surface area contributed by atoms with Gasteiger partial charge in [-0.3, -0.25) is 18.6 Å². The Hall–Kier alpha value is -2.55. The second-order valence-electron chi connectivity index (χ2n) is 22.3. The largest absolute Gasteiger partial charge is 0.472 e. The number of carbonyl (C=O) groups is 2. The fourth-order valence-corrected chi connectivity index (χ4v) is 10.4. The lowest BCUT2D eigenvalue weighted by Crippen LogP contribution is -2.29. The van der Waals surface area contributed by atoms with Crippen LogP contribution >= 0.6 is 7.82 Å². The fraction of sp³-hybridized carbons (Fsp3) is 0.797. The van der Waals surface area contributed by atoms with Gasteiger partial charge in [0.15, 0.2) is 6.10 Å². The van der Waals surface area contributed by atoms with Gasteiger partial charge in [-0.25, -0.2) is 4.57 Å². The first kappa shape index (κ1) is 76.5. The molecular formula is C69H126NO8P. The molecule has 79 heavy (non-hydrogen) atoms. The van der Waals surface area contributed by atoms with E-state index >= 15 is 0 Å². The molecule has 0 amide bonds. The average molecular weight is 1130 g/mol. The van der Waals surface area contributed by atoms with E-state index in [1.807, 2.05) is 0 Å². The highest BCUT2D eigenvalue weighted by Crippen LogP contribution is 2.43. The first-order valence-electron chi connectivity index (χ1n) is 33.4. The van der Waals surface area contributed by atoms with Gasteiger partial charge in [0.05, 0.1) is 13.2 Å². The third-order valence-electron chi connectivity index (χ3n) is 14.6. The Balaban J connectivity index is 3.80. The van der Waals surface area contributed by atoms with Crippen LogP contribution in [-0.2, 0) is 32.7 Å². The van der Waals surface area contributed by atoms with Gasteiger partial charge >= 0.3 is 19.8 Å². The molecule has 3 N–H and O–H groups in total. The number of unbranched alkanes of at least 4 members (excludes halogenated alkanes) is 38. The second-order valence-corrected chi connectivity index (χ2v) is 23.8. The number of hydrogen-bond donors (Lipinski definition) is 2. The molecule has 0 aliphatic rings. The molecule has 0 rings (SSSR count). The summed E-state index contributed by atoms with van der Waals surface area (Å²) in [7, 11) is -4.39. The van der Waals surface area contributed by atoms with Gasteiger partial charge in [0, 0.05) is 19.4 Å². The van der Waals surface area contributed by atoms with Gasteiger partial charge in [-0.2, -0.15) is 0 Å². The highest BCUT2D eigenvalue weighted by atomic mass is 31.2. The first-order valence-corrected chi connectivity index (χ1v) is 34.9. The topological polar surface area (TPSA) is 134 Å². The third-order valence-corrected chi connectivity index (χ3v) is 15.6. The summed E-state index contributed by atoms with van der Waals surface area (Å²) in [6, 6.07) is 0. The molecule has 0 aliphatic carbocycles. The van der Waals surface area contributed by atoms with E-state index < -0.39 is 26.5 Å². The summed E-state index contributed by atoms with van der Waals surface area (Å²) in [5.41, 5.74) is 5.39. The number of phosphoric acid groups is 1. The van der Waals surface area contributed by atoms with E-state index in [4.69, 9.17) is 24.3 Å². The summed E-state index contributed by atoms with van der Waals surface area (Å²) < 4.78 is 33.1. The highest BCUT2D eigenvalue weighted by Gasteiger charge is 2.26. The van der Waals surface area contributed by atoms with Crippen LogP contribution < -0.4 is 5.73 Å². The Morgan fingerprint density at radius 1 is 0.392 bits per heavy atom. The lowest BCUT2D eigenvalue weighted by atomic mass is 10.0. The van der Waals surface area contributed by atoms with Gasteiger partial charge in [-0.1, -0.05) is 299 Å². The van der Waals surface area contributed by atoms with Crippen LogP contribution in [0.25, 0.3) is 0 Å². The number of nitrogens with two attached hydrogens (primary N) is 1. The monoisotopic (exact) mass is 1130 g/mol. The molecule has 2 unspecified atom stereocenters. The summed E-state index contributed by atoms with van der Waals surface area (Å²) in [6.45, 7) is 3.67. The van der Waals surface area contributed by atoms with Gasteiger partial charge in [0.2, 0.25) is 0 Å². The number of phosphoric ester groups is 1. The molecule has 0 saturated heterocycles. The zero-order chi connectivity index (χ0) is 57.3. The van der Waals surface area contributed by atoms with E-state index in [9.17, 15) is 19.0 Å². The standard InChI is InChI=1S/C69H126NO8P/c1-3-5-7-9-11-13-15-17-19-21-23-24-25-26-27-28-29-30-31-32-33-34-35-36-37-38-39-40-41-42-44-46-48-50-52-54-56-58-60-62-69(72)78-67(66-77-79(73,74)76-64-63-70)65-75-68(71)61-59-57-55-53-51-49-47-45-43-22-20-18-16-14-12-10-8-6-4-2/h5,7,11,13,17-20,23-24,26-27,67H,3-4,6,8-10,12,14-16,21-22,25,28-66,70H2,1-2H3,(H,73,74)/b7-5-,13-11-,19-17-,20-18-,24-23-,27-26-. The van der Waals surface area contributed by atoms with E-state index in [-0.39, 0.29) is 38.6 Å². The Bertz CT molecular complexity index is 1520. The number of carbonyl (C=O) groups excluding carboxylic acids is 2. The van der Waals surface area contributed by atoms with E-state index in [0.717, 1.165) is 64.2 Å². The zero-order valence-corrected chi connectivity index (χ0v) is 52.5. The molecule has 0 heterocycles. The number of rotatable bonds is 63. The average Bonchev–Trinajstić information content (AvgIpc) is 3.44. The predicted molar refractivity (Wildman–Crippen MR) is 339 cm³/mol. The molecule has 0 aromatic heterocycles. The van der Waals surface area contributed by atoms with Crippen LogP contribution in [0.5, 0.6) is 0 Å². The highest BCUT2D eigenvalue weighted by molar-refractivity contribution is 7.47. The number of ether oxygens (including phenoxy) is 2. The summed E-state index contributed by atoms with van der Waals surface area (Å²) in [5.74, 6) is -0.815. The molecule has 0 aromatic rings. The second kappa shape index (κ2) is 64.6. The van der Waals surface area contributed by atoms with Crippen LogP contribution in [0.1, 0.15) is 322 Å². The summed E-state index contributed by atoms with van der Waals surface area (Å²) in [5, 5.41) is 0. The molecular weight excluding hydrogens is 1000 g/mol. The SMILES string of the molecule is CC/C=C\C/C=C\C/C=C\C/C=C\C/C=C\CCCCCCCCCCCCCCCCCCCCCCCCCC(=O)OC(COC(=O)CCCCCCCCCCC/C=C\CCCCCCCC)COP(=O)(O)OCCN. The van der Waals surface area contributed by atoms with Crippen LogP contribution in [0.3, 0.4) is 0 Å². The van der Waals surface area contributed by atoms with Crippen molar-refractivity contribution in [1.82, 2.24) is 0 Å². The summed E-state index contributed by atoms with van der Waals surface area (Å²) in [4.78, 5) is 35.3. The Morgan fingerprint density at radius 3 is 1.05 bits per heavy atom. The Morgan fingerprint density at radius 2 is 0.696 bits per heavy atom. The van der Waals surface area contributed by atoms with Gasteiger partial charge < -0.3 is 20.1 Å². The minimum Gasteiger partial charge on any atom is -0.462 e. The normalized spacial score (nSPS) is 13.4. The fourth-order valence-electron chi connectivity index (χ4n) is 9.66. The van der Waals surface area contributed by atoms with E-state index in [1.54, 1.807) is 0 Å². The molecule has 9 nitrogen and oxygen atoms in total.